The summed E-state index contributed by atoms with van der Waals surface area (Å²) in [5, 5.41) is 8.26. The van der Waals surface area contributed by atoms with Crippen LogP contribution in [0.2, 0.25) is 0 Å². The van der Waals surface area contributed by atoms with Crippen molar-refractivity contribution in [1.29, 1.82) is 5.26 Å². The summed E-state index contributed by atoms with van der Waals surface area (Å²) in [6.45, 7) is 5.44. The van der Waals surface area contributed by atoms with E-state index in [1.165, 1.54) is 0 Å². The van der Waals surface area contributed by atoms with Crippen LogP contribution in [0.5, 0.6) is 0 Å². The molecule has 0 aromatic rings. The zero-order chi connectivity index (χ0) is 13.1. The van der Waals surface area contributed by atoms with Gasteiger partial charge >= 0.3 is 11.9 Å². The minimum atomic E-state index is -0.451. The number of carbonyl (C=O) groups excluding carboxylic acids is 2. The van der Waals surface area contributed by atoms with E-state index >= 15 is 0 Å². The van der Waals surface area contributed by atoms with Gasteiger partial charge in [-0.2, -0.15) is 5.26 Å². The van der Waals surface area contributed by atoms with Gasteiger partial charge in [-0.3, -0.25) is 4.79 Å². The van der Waals surface area contributed by atoms with Crippen LogP contribution in [-0.4, -0.2) is 25.2 Å². The van der Waals surface area contributed by atoms with E-state index in [0.717, 1.165) is 0 Å². The third-order valence-electron chi connectivity index (χ3n) is 1.80. The van der Waals surface area contributed by atoms with Crippen LogP contribution >= 0.6 is 0 Å². The van der Waals surface area contributed by atoms with Crippen LogP contribution in [0.3, 0.4) is 0 Å². The Labute approximate surface area is 101 Å². The summed E-state index contributed by atoms with van der Waals surface area (Å²) in [5.41, 5.74) is 0.337. The van der Waals surface area contributed by atoms with Crippen LogP contribution in [0, 0.1) is 11.3 Å². The lowest BCUT2D eigenvalue weighted by Gasteiger charge is -2.04. The number of carbonyl (C=O) groups is 2. The van der Waals surface area contributed by atoms with Crippen LogP contribution in [0.15, 0.2) is 12.2 Å². The van der Waals surface area contributed by atoms with Crippen LogP contribution in [0.25, 0.3) is 0 Å². The molecule has 0 rings (SSSR count). The Morgan fingerprint density at radius 2 is 1.88 bits per heavy atom. The molecule has 0 amide bonds. The van der Waals surface area contributed by atoms with Gasteiger partial charge in [0.25, 0.3) is 0 Å². The highest BCUT2D eigenvalue weighted by molar-refractivity contribution is 5.86. The summed E-state index contributed by atoms with van der Waals surface area (Å²) in [6, 6.07) is 1.96. The van der Waals surface area contributed by atoms with Gasteiger partial charge in [0.15, 0.2) is 0 Å². The molecule has 5 nitrogen and oxygen atoms in total. The summed E-state index contributed by atoms with van der Waals surface area (Å²) in [5.74, 6) is -0.790. The largest absolute Gasteiger partial charge is 0.466 e. The topological polar surface area (TPSA) is 76.4 Å². The molecule has 0 unspecified atom stereocenters. The second-order valence-corrected chi connectivity index (χ2v) is 3.50. The maximum Gasteiger partial charge on any atom is 0.333 e. The normalized spacial score (nSPS) is 9.18. The van der Waals surface area contributed by atoms with Crippen molar-refractivity contribution in [3.8, 4) is 6.07 Å². The van der Waals surface area contributed by atoms with Gasteiger partial charge in [-0.15, -0.1) is 0 Å². The van der Waals surface area contributed by atoms with Gasteiger partial charge in [0.1, 0.15) is 0 Å². The first-order valence-corrected chi connectivity index (χ1v) is 5.43. The van der Waals surface area contributed by atoms with Crippen molar-refractivity contribution in [1.82, 2.24) is 0 Å². The molecule has 0 aliphatic carbocycles. The first-order chi connectivity index (χ1) is 8.07. The van der Waals surface area contributed by atoms with Crippen molar-refractivity contribution in [3.63, 3.8) is 0 Å². The Hall–Kier alpha value is -1.83. The van der Waals surface area contributed by atoms with Gasteiger partial charge in [-0.25, -0.2) is 4.79 Å². The number of unbranched alkanes of at least 4 members (excludes halogenated alkanes) is 1. The molecule has 0 N–H and O–H groups in total. The average Bonchev–Trinajstić information content (AvgIpc) is 2.29. The lowest BCUT2D eigenvalue weighted by molar-refractivity contribution is -0.146. The zero-order valence-corrected chi connectivity index (χ0v) is 10.0. The Bertz CT molecular complexity index is 317. The first-order valence-electron chi connectivity index (χ1n) is 5.43. The fourth-order valence-electron chi connectivity index (χ4n) is 0.914. The smallest absolute Gasteiger partial charge is 0.333 e. The highest BCUT2D eigenvalue weighted by Crippen LogP contribution is 1.98. The second-order valence-electron chi connectivity index (χ2n) is 3.50. The van der Waals surface area contributed by atoms with Crippen molar-refractivity contribution >= 4 is 11.9 Å². The molecule has 0 aromatic carbocycles. The molecule has 0 atom stereocenters. The number of hydrogen-bond donors (Lipinski definition) is 0. The lowest BCUT2D eigenvalue weighted by atomic mass is 10.3. The molecule has 0 spiro atoms. The molecular weight excluding hydrogens is 222 g/mol. The van der Waals surface area contributed by atoms with E-state index in [-0.39, 0.29) is 25.6 Å². The van der Waals surface area contributed by atoms with Crippen molar-refractivity contribution in [2.75, 3.05) is 13.2 Å². The van der Waals surface area contributed by atoms with Gasteiger partial charge in [0.2, 0.25) is 0 Å². The standard InChI is InChI=1S/C12H17NO4/c1-10(2)12(15)17-9-5-6-11(14)16-8-4-3-7-13/h1,3-6,8-9H2,2H3. The highest BCUT2D eigenvalue weighted by Gasteiger charge is 2.05. The maximum absolute atomic E-state index is 11.1. The molecule has 17 heavy (non-hydrogen) atoms. The molecule has 0 aromatic heterocycles. The van der Waals surface area contributed by atoms with Gasteiger partial charge in [0.05, 0.1) is 19.3 Å². The van der Waals surface area contributed by atoms with Crippen molar-refractivity contribution in [3.05, 3.63) is 12.2 Å². The molecule has 5 heteroatoms. The van der Waals surface area contributed by atoms with Crippen molar-refractivity contribution in [2.24, 2.45) is 0 Å². The Morgan fingerprint density at radius 3 is 2.47 bits per heavy atom. The summed E-state index contributed by atoms with van der Waals surface area (Å²) in [6.07, 6.45) is 1.56. The molecule has 94 valence electrons. The third kappa shape index (κ3) is 9.12. The molecular formula is C12H17NO4. The summed E-state index contributed by atoms with van der Waals surface area (Å²) in [4.78, 5) is 22.1. The predicted octanol–water partition coefficient (Wildman–Crippen LogP) is 1.73. The van der Waals surface area contributed by atoms with Crippen LogP contribution in [0.1, 0.15) is 32.6 Å². The minimum Gasteiger partial charge on any atom is -0.466 e. The van der Waals surface area contributed by atoms with E-state index in [1.807, 2.05) is 6.07 Å². The molecule has 0 saturated carbocycles. The van der Waals surface area contributed by atoms with Gasteiger partial charge in [-0.05, 0) is 19.8 Å². The molecule has 0 aliphatic heterocycles. The predicted molar refractivity (Wildman–Crippen MR) is 60.8 cm³/mol. The Kier molecular flexibility index (Phi) is 8.39. The van der Waals surface area contributed by atoms with E-state index in [9.17, 15) is 9.59 Å². The third-order valence-corrected chi connectivity index (χ3v) is 1.80. The zero-order valence-electron chi connectivity index (χ0n) is 10.0. The van der Waals surface area contributed by atoms with Gasteiger partial charge < -0.3 is 9.47 Å². The van der Waals surface area contributed by atoms with Gasteiger partial charge in [-0.1, -0.05) is 6.58 Å². The SMILES string of the molecule is C=C(C)C(=O)OCCCC(=O)OCCCC#N. The number of rotatable bonds is 8. The molecule has 0 radical (unpaired) electrons. The summed E-state index contributed by atoms with van der Waals surface area (Å²) in [7, 11) is 0. The van der Waals surface area contributed by atoms with E-state index < -0.39 is 5.97 Å². The first kappa shape index (κ1) is 15.2. The second kappa shape index (κ2) is 9.40. The van der Waals surface area contributed by atoms with Crippen LogP contribution in [-0.2, 0) is 19.1 Å². The molecule has 0 heterocycles. The van der Waals surface area contributed by atoms with E-state index in [1.54, 1.807) is 6.92 Å². The Balaban J connectivity index is 3.43. The van der Waals surface area contributed by atoms with Gasteiger partial charge in [0, 0.05) is 18.4 Å². The number of ether oxygens (including phenoxy) is 2. The van der Waals surface area contributed by atoms with Crippen LogP contribution in [0.4, 0.5) is 0 Å². The number of nitrogens with zero attached hydrogens (tertiary/aromatic N) is 1. The number of nitriles is 1. The quantitative estimate of drug-likeness (QED) is 0.366. The molecule has 0 bridgehead atoms. The summed E-state index contributed by atoms with van der Waals surface area (Å²) < 4.78 is 9.66. The number of esters is 2. The fourth-order valence-corrected chi connectivity index (χ4v) is 0.914. The van der Waals surface area contributed by atoms with E-state index in [4.69, 9.17) is 14.7 Å². The molecule has 0 saturated heterocycles. The van der Waals surface area contributed by atoms with Crippen molar-refractivity contribution < 1.29 is 19.1 Å². The Morgan fingerprint density at radius 1 is 1.24 bits per heavy atom. The maximum atomic E-state index is 11.1. The molecule has 0 fully saturated rings. The monoisotopic (exact) mass is 239 g/mol. The number of hydrogen-bond acceptors (Lipinski definition) is 5. The van der Waals surface area contributed by atoms with E-state index in [2.05, 4.69) is 6.58 Å². The average molecular weight is 239 g/mol. The molecule has 0 aliphatic rings. The fraction of sp³-hybridized carbons (Fsp3) is 0.583. The minimum absolute atomic E-state index is 0.180. The van der Waals surface area contributed by atoms with E-state index in [0.29, 0.717) is 24.8 Å². The lowest BCUT2D eigenvalue weighted by Crippen LogP contribution is -2.10. The van der Waals surface area contributed by atoms with Crippen molar-refractivity contribution in [2.45, 2.75) is 32.6 Å². The summed E-state index contributed by atoms with van der Waals surface area (Å²) >= 11 is 0. The van der Waals surface area contributed by atoms with Crippen LogP contribution < -0.4 is 0 Å². The highest BCUT2D eigenvalue weighted by atomic mass is 16.5.